The molecule has 7 heterocycles. The molecule has 47 heavy (non-hydrogen) atoms. The van der Waals surface area contributed by atoms with E-state index in [1.54, 1.807) is 6.92 Å². The Hall–Kier alpha value is -4.12. The van der Waals surface area contributed by atoms with Crippen molar-refractivity contribution in [3.63, 3.8) is 0 Å². The number of thiophene rings is 1. The van der Waals surface area contributed by atoms with Crippen LogP contribution in [0, 0.1) is 29.9 Å². The number of halogens is 3. The number of furan rings is 1. The molecule has 4 saturated heterocycles. The van der Waals surface area contributed by atoms with E-state index in [1.165, 1.54) is 12.1 Å². The Morgan fingerprint density at radius 2 is 2.02 bits per heavy atom. The van der Waals surface area contributed by atoms with E-state index in [-0.39, 0.29) is 67.6 Å². The first-order valence-corrected chi connectivity index (χ1v) is 16.9. The van der Waals surface area contributed by atoms with Gasteiger partial charge in [-0.3, -0.25) is 4.90 Å². The van der Waals surface area contributed by atoms with E-state index >= 15 is 8.78 Å². The summed E-state index contributed by atoms with van der Waals surface area (Å²) in [6.45, 7) is 4.73. The fourth-order valence-electron chi connectivity index (χ4n) is 8.71. The van der Waals surface area contributed by atoms with E-state index in [4.69, 9.17) is 24.9 Å². The Morgan fingerprint density at radius 1 is 1.21 bits per heavy atom. The van der Waals surface area contributed by atoms with Gasteiger partial charge in [-0.1, -0.05) is 6.07 Å². The monoisotopic (exact) mass is 659 g/mol. The third-order valence-corrected chi connectivity index (χ3v) is 11.7. The summed E-state index contributed by atoms with van der Waals surface area (Å²) >= 11 is 0.954. The average molecular weight is 660 g/mol. The highest BCUT2D eigenvalue weighted by Gasteiger charge is 2.49. The number of anilines is 2. The van der Waals surface area contributed by atoms with Crippen LogP contribution in [0.2, 0.25) is 0 Å². The number of fused-ring (bicyclic) bond motifs is 7. The fourth-order valence-corrected chi connectivity index (χ4v) is 9.66. The topological polar surface area (TPSA) is 116 Å². The highest BCUT2D eigenvalue weighted by Crippen LogP contribution is 2.49. The highest BCUT2D eigenvalue weighted by molar-refractivity contribution is 7.23. The summed E-state index contributed by atoms with van der Waals surface area (Å²) in [7, 11) is 0. The number of ether oxygens (including phenoxy) is 1. The predicted octanol–water partition coefficient (Wildman–Crippen LogP) is 6.19. The van der Waals surface area contributed by atoms with Gasteiger partial charge >= 0.3 is 6.01 Å². The number of hydrogen-bond acceptors (Lipinski definition) is 10. The Kier molecular flexibility index (Phi) is 6.45. The van der Waals surface area contributed by atoms with Gasteiger partial charge in [-0.2, -0.15) is 15.2 Å². The first kappa shape index (κ1) is 29.1. The zero-order chi connectivity index (χ0) is 32.2. The molecule has 0 amide bonds. The molecule has 3 N–H and O–H groups in total. The van der Waals surface area contributed by atoms with Crippen LogP contribution < -0.4 is 20.7 Å². The Balaban J connectivity index is 1.30. The second-order valence-corrected chi connectivity index (χ2v) is 14.5. The number of nitriles is 1. The molecule has 2 bridgehead atoms. The maximum absolute atomic E-state index is 17.4. The summed E-state index contributed by atoms with van der Waals surface area (Å²) in [6.07, 6.45) is 3.17. The minimum Gasteiger partial charge on any atom is -0.461 e. The van der Waals surface area contributed by atoms with E-state index in [2.05, 4.69) is 21.2 Å². The summed E-state index contributed by atoms with van der Waals surface area (Å²) < 4.78 is 59.8. The van der Waals surface area contributed by atoms with E-state index < -0.39 is 23.3 Å². The van der Waals surface area contributed by atoms with Gasteiger partial charge in [-0.05, 0) is 56.8 Å². The van der Waals surface area contributed by atoms with Gasteiger partial charge in [0.2, 0.25) is 0 Å². The quantitative estimate of drug-likeness (QED) is 0.228. The van der Waals surface area contributed by atoms with E-state index in [0.717, 1.165) is 56.7 Å². The predicted molar refractivity (Wildman–Crippen MR) is 175 cm³/mol. The fraction of sp³-hybridized carbons (Fsp3) is 0.441. The molecule has 9 rings (SSSR count). The molecule has 2 aromatic carbocycles. The van der Waals surface area contributed by atoms with Gasteiger partial charge in [0.05, 0.1) is 26.8 Å². The number of alkyl halides is 1. The van der Waals surface area contributed by atoms with Crippen LogP contribution in [-0.4, -0.2) is 71.4 Å². The number of piperazine rings is 1. The lowest BCUT2D eigenvalue weighted by molar-refractivity contribution is 0.107. The number of benzene rings is 2. The van der Waals surface area contributed by atoms with E-state index in [9.17, 15) is 9.65 Å². The van der Waals surface area contributed by atoms with Crippen LogP contribution in [-0.2, 0) is 0 Å². The van der Waals surface area contributed by atoms with Crippen LogP contribution in [0.5, 0.6) is 6.01 Å². The third kappa shape index (κ3) is 4.20. The Bertz CT molecular complexity index is 2150. The third-order valence-electron chi connectivity index (χ3n) is 10.7. The van der Waals surface area contributed by atoms with Gasteiger partial charge in [0.15, 0.2) is 5.82 Å². The molecule has 0 spiro atoms. The average Bonchev–Trinajstić information content (AvgIpc) is 3.83. The zero-order valence-electron chi connectivity index (χ0n) is 25.7. The molecule has 0 saturated carbocycles. The summed E-state index contributed by atoms with van der Waals surface area (Å²) in [5.41, 5.74) is 6.45. The van der Waals surface area contributed by atoms with Crippen LogP contribution >= 0.6 is 11.3 Å². The number of nitrogen functional groups attached to an aromatic ring is 1. The van der Waals surface area contributed by atoms with Crippen LogP contribution in [0.4, 0.5) is 24.0 Å². The molecule has 242 valence electrons. The number of nitrogens with one attached hydrogen (secondary N) is 1. The molecule has 0 aliphatic carbocycles. The van der Waals surface area contributed by atoms with Gasteiger partial charge in [-0.25, -0.2) is 13.2 Å². The lowest BCUT2D eigenvalue weighted by atomic mass is 9.94. The zero-order valence-corrected chi connectivity index (χ0v) is 26.5. The lowest BCUT2D eigenvalue weighted by Gasteiger charge is -2.37. The number of nitrogens with zero attached hydrogens (tertiary/aromatic N) is 5. The van der Waals surface area contributed by atoms with Gasteiger partial charge in [0.1, 0.15) is 52.3 Å². The number of rotatable bonds is 5. The van der Waals surface area contributed by atoms with Crippen molar-refractivity contribution in [2.45, 2.75) is 62.8 Å². The Labute approximate surface area is 272 Å². The van der Waals surface area contributed by atoms with Crippen molar-refractivity contribution >= 4 is 54.1 Å². The van der Waals surface area contributed by atoms with Crippen LogP contribution in [0.25, 0.3) is 43.1 Å². The summed E-state index contributed by atoms with van der Waals surface area (Å²) in [5, 5.41) is 15.0. The molecule has 4 aliphatic heterocycles. The van der Waals surface area contributed by atoms with Gasteiger partial charge in [0, 0.05) is 48.9 Å². The smallest absolute Gasteiger partial charge is 0.319 e. The van der Waals surface area contributed by atoms with Crippen molar-refractivity contribution in [2.24, 2.45) is 0 Å². The molecule has 3 aromatic heterocycles. The minimum absolute atomic E-state index is 0.0279. The first-order valence-electron chi connectivity index (χ1n) is 16.1. The molecular formula is C34H32F3N7O2S. The molecule has 4 aliphatic rings. The SMILES string of the molecule is Cc1cc2c(o1)c(-c1ccc(F)c3sc(N)c(C#N)c13)c(F)c1nc(OC[C@@]34CCCN3C[C@H](F)C4)nc(N3C4CCC3CNC4)c12. The minimum atomic E-state index is -0.918. The van der Waals surface area contributed by atoms with Crippen molar-refractivity contribution in [2.75, 3.05) is 43.4 Å². The maximum Gasteiger partial charge on any atom is 0.319 e. The van der Waals surface area contributed by atoms with E-state index in [0.29, 0.717) is 35.3 Å². The summed E-state index contributed by atoms with van der Waals surface area (Å²) in [5.74, 6) is -0.113. The number of aryl methyl sites for hydroxylation is 1. The van der Waals surface area contributed by atoms with Crippen molar-refractivity contribution in [1.29, 1.82) is 5.26 Å². The van der Waals surface area contributed by atoms with Crippen molar-refractivity contribution in [3.8, 4) is 23.2 Å². The first-order chi connectivity index (χ1) is 22.8. The highest BCUT2D eigenvalue weighted by atomic mass is 32.1. The molecule has 9 nitrogen and oxygen atoms in total. The largest absolute Gasteiger partial charge is 0.461 e. The molecule has 2 unspecified atom stereocenters. The molecule has 4 atom stereocenters. The van der Waals surface area contributed by atoms with Crippen LogP contribution in [0.1, 0.15) is 43.4 Å². The van der Waals surface area contributed by atoms with Crippen LogP contribution in [0.3, 0.4) is 0 Å². The van der Waals surface area contributed by atoms with Crippen molar-refractivity contribution in [1.82, 2.24) is 20.2 Å². The normalized spacial score (nSPS) is 25.8. The van der Waals surface area contributed by atoms with Crippen molar-refractivity contribution in [3.05, 3.63) is 41.2 Å². The summed E-state index contributed by atoms with van der Waals surface area (Å²) in [4.78, 5) is 14.1. The number of hydrogen-bond donors (Lipinski definition) is 2. The molecule has 13 heteroatoms. The van der Waals surface area contributed by atoms with Gasteiger partial charge < -0.3 is 25.1 Å². The van der Waals surface area contributed by atoms with Crippen LogP contribution in [0.15, 0.2) is 22.6 Å². The second kappa shape index (κ2) is 10.4. The molecule has 4 fully saturated rings. The molecule has 0 radical (unpaired) electrons. The van der Waals surface area contributed by atoms with Gasteiger partial charge in [0.25, 0.3) is 0 Å². The molecule has 5 aromatic rings. The molecular weight excluding hydrogens is 627 g/mol. The standard InChI is InChI=1S/C34H32F3N7O2S/c1-16-9-21-26-28(27(37)25(29(21)46-16)20-5-6-23(36)30-24(20)22(11-38)31(39)47-30)41-33(42-32(26)44-18-3-4-19(44)13-40-12-18)45-15-34-7-2-8-43(34)14-17(35)10-34/h5-6,9,17-19,40H,2-4,7-8,10,12-15,39H2,1H3/t17-,18?,19?,34+/m1/s1. The summed E-state index contributed by atoms with van der Waals surface area (Å²) in [6, 6.07) is 6.98. The van der Waals surface area contributed by atoms with Crippen molar-refractivity contribution < 1.29 is 22.3 Å². The second-order valence-electron chi connectivity index (χ2n) is 13.4. The lowest BCUT2D eigenvalue weighted by Crippen LogP contribution is -2.52. The Morgan fingerprint density at radius 3 is 2.81 bits per heavy atom. The van der Waals surface area contributed by atoms with E-state index in [1.807, 2.05) is 6.07 Å². The van der Waals surface area contributed by atoms with Gasteiger partial charge in [-0.15, -0.1) is 11.3 Å². The number of aromatic nitrogens is 2. The number of nitrogens with two attached hydrogens (primary N) is 1. The maximum atomic E-state index is 17.4.